The van der Waals surface area contributed by atoms with Crippen molar-refractivity contribution in [2.45, 2.75) is 25.9 Å². The lowest BCUT2D eigenvalue weighted by molar-refractivity contribution is 0.0755. The Morgan fingerprint density at radius 1 is 1.17 bits per heavy atom. The summed E-state index contributed by atoms with van der Waals surface area (Å²) in [7, 11) is 0. The first kappa shape index (κ1) is 17.6. The minimum atomic E-state index is 0.0336. The van der Waals surface area contributed by atoms with Gasteiger partial charge in [0.05, 0.1) is 10.9 Å². The number of nitrogens with zero attached hydrogens (tertiary/aromatic N) is 2. The molecule has 1 N–H and O–H groups in total. The Balaban J connectivity index is 1.72. The third-order valence-electron chi connectivity index (χ3n) is 4.66. The van der Waals surface area contributed by atoms with Crippen molar-refractivity contribution in [3.63, 3.8) is 0 Å². The summed E-state index contributed by atoms with van der Waals surface area (Å²) in [5.74, 6) is 0.0336. The molecule has 6 heteroatoms. The summed E-state index contributed by atoms with van der Waals surface area (Å²) in [6, 6.07) is 8.41. The third kappa shape index (κ3) is 4.06. The van der Waals surface area contributed by atoms with Crippen LogP contribution in [0.4, 0.5) is 0 Å². The van der Waals surface area contributed by atoms with Crippen molar-refractivity contribution in [2.24, 2.45) is 0 Å². The molecule has 3 heterocycles. The maximum atomic E-state index is 12.4. The maximum Gasteiger partial charge on any atom is 0.261 e. The maximum absolute atomic E-state index is 12.4. The SMILES string of the molecule is CCN1CCN([C@@H](c2cccs2)[C@@H](C)NC(=O)c2cccs2)CC1. The first-order valence-electron chi connectivity index (χ1n) is 8.53. The molecule has 0 spiro atoms. The van der Waals surface area contributed by atoms with Crippen LogP contribution < -0.4 is 5.32 Å². The van der Waals surface area contributed by atoms with E-state index in [-0.39, 0.29) is 18.0 Å². The van der Waals surface area contributed by atoms with Gasteiger partial charge in [0.2, 0.25) is 0 Å². The predicted molar refractivity (Wildman–Crippen MR) is 102 cm³/mol. The molecular weight excluding hydrogens is 338 g/mol. The van der Waals surface area contributed by atoms with E-state index >= 15 is 0 Å². The van der Waals surface area contributed by atoms with E-state index in [1.54, 1.807) is 11.3 Å². The largest absolute Gasteiger partial charge is 0.347 e. The molecule has 24 heavy (non-hydrogen) atoms. The fourth-order valence-electron chi connectivity index (χ4n) is 3.32. The highest BCUT2D eigenvalue weighted by Gasteiger charge is 2.30. The van der Waals surface area contributed by atoms with Crippen LogP contribution in [0.5, 0.6) is 0 Å². The average Bonchev–Trinajstić information content (AvgIpc) is 3.29. The van der Waals surface area contributed by atoms with E-state index in [0.717, 1.165) is 37.6 Å². The molecular formula is C18H25N3OS2. The zero-order valence-corrected chi connectivity index (χ0v) is 15.9. The summed E-state index contributed by atoms with van der Waals surface area (Å²) in [4.78, 5) is 19.6. The molecule has 0 saturated carbocycles. The molecule has 1 fully saturated rings. The van der Waals surface area contributed by atoms with E-state index in [2.05, 4.69) is 46.5 Å². The summed E-state index contributed by atoms with van der Waals surface area (Å²) >= 11 is 3.27. The highest BCUT2D eigenvalue weighted by Crippen LogP contribution is 2.29. The van der Waals surface area contributed by atoms with Crippen molar-refractivity contribution in [2.75, 3.05) is 32.7 Å². The second kappa shape index (κ2) is 8.25. The van der Waals surface area contributed by atoms with Crippen LogP contribution in [-0.4, -0.2) is 54.5 Å². The number of rotatable bonds is 6. The molecule has 2 aromatic rings. The van der Waals surface area contributed by atoms with Gasteiger partial charge in [0.25, 0.3) is 5.91 Å². The molecule has 0 aliphatic carbocycles. The molecule has 1 amide bonds. The Morgan fingerprint density at radius 3 is 2.46 bits per heavy atom. The number of thiophene rings is 2. The van der Waals surface area contributed by atoms with E-state index in [4.69, 9.17) is 0 Å². The average molecular weight is 364 g/mol. The van der Waals surface area contributed by atoms with Gasteiger partial charge in [0, 0.05) is 37.1 Å². The van der Waals surface area contributed by atoms with Crippen molar-refractivity contribution >= 4 is 28.6 Å². The van der Waals surface area contributed by atoms with E-state index in [1.165, 1.54) is 16.2 Å². The molecule has 4 nitrogen and oxygen atoms in total. The lowest BCUT2D eigenvalue weighted by Gasteiger charge is -2.41. The summed E-state index contributed by atoms with van der Waals surface area (Å²) in [6.45, 7) is 9.76. The number of likely N-dealkylation sites (N-methyl/N-ethyl adjacent to an activating group) is 1. The molecule has 2 aromatic heterocycles. The van der Waals surface area contributed by atoms with Gasteiger partial charge < -0.3 is 10.2 Å². The lowest BCUT2D eigenvalue weighted by Crippen LogP contribution is -2.52. The number of carbonyl (C=O) groups is 1. The first-order valence-corrected chi connectivity index (χ1v) is 10.3. The number of amides is 1. The van der Waals surface area contributed by atoms with Crippen molar-refractivity contribution in [1.82, 2.24) is 15.1 Å². The second-order valence-corrected chi connectivity index (χ2v) is 8.10. The van der Waals surface area contributed by atoms with Gasteiger partial charge in [-0.25, -0.2) is 0 Å². The predicted octanol–water partition coefficient (Wildman–Crippen LogP) is 3.31. The topological polar surface area (TPSA) is 35.6 Å². The van der Waals surface area contributed by atoms with Crippen molar-refractivity contribution in [1.29, 1.82) is 0 Å². The van der Waals surface area contributed by atoms with Gasteiger partial charge in [-0.05, 0) is 36.4 Å². The molecule has 0 radical (unpaired) electrons. The lowest BCUT2D eigenvalue weighted by atomic mass is 10.0. The standard InChI is InChI=1S/C18H25N3OS2/c1-3-20-8-10-21(11-9-20)17(15-6-4-12-23-15)14(2)19-18(22)16-7-5-13-24-16/h4-7,12-14,17H,3,8-11H2,1-2H3,(H,19,22)/t14-,17-/m1/s1. The number of piperazine rings is 1. The van der Waals surface area contributed by atoms with Crippen LogP contribution in [0.1, 0.15) is 34.4 Å². The molecule has 3 rings (SSSR count). The van der Waals surface area contributed by atoms with E-state index in [1.807, 2.05) is 17.5 Å². The summed E-state index contributed by atoms with van der Waals surface area (Å²) in [6.07, 6.45) is 0. The Labute approximate surface area is 152 Å². The van der Waals surface area contributed by atoms with E-state index in [0.29, 0.717) is 0 Å². The Bertz CT molecular complexity index is 619. The summed E-state index contributed by atoms with van der Waals surface area (Å²) in [5, 5.41) is 7.28. The van der Waals surface area contributed by atoms with E-state index < -0.39 is 0 Å². The van der Waals surface area contributed by atoms with Crippen LogP contribution in [0.15, 0.2) is 35.0 Å². The Hall–Kier alpha value is -1.21. The van der Waals surface area contributed by atoms with Crippen LogP contribution in [0.2, 0.25) is 0 Å². The molecule has 1 saturated heterocycles. The van der Waals surface area contributed by atoms with Crippen LogP contribution in [0, 0.1) is 0 Å². The van der Waals surface area contributed by atoms with Crippen LogP contribution in [0.3, 0.4) is 0 Å². The normalized spacial score (nSPS) is 19.1. The first-order chi connectivity index (χ1) is 11.7. The molecule has 0 unspecified atom stereocenters. The quantitative estimate of drug-likeness (QED) is 0.855. The Morgan fingerprint density at radius 2 is 1.88 bits per heavy atom. The number of nitrogens with one attached hydrogen (secondary N) is 1. The van der Waals surface area contributed by atoms with Crippen LogP contribution in [-0.2, 0) is 0 Å². The highest BCUT2D eigenvalue weighted by atomic mass is 32.1. The molecule has 0 aromatic carbocycles. The molecule has 1 aliphatic heterocycles. The fraction of sp³-hybridized carbons (Fsp3) is 0.500. The van der Waals surface area contributed by atoms with Gasteiger partial charge in [-0.2, -0.15) is 0 Å². The molecule has 130 valence electrons. The number of carbonyl (C=O) groups excluding carboxylic acids is 1. The van der Waals surface area contributed by atoms with Crippen molar-refractivity contribution < 1.29 is 4.79 Å². The van der Waals surface area contributed by atoms with Crippen molar-refractivity contribution in [3.8, 4) is 0 Å². The van der Waals surface area contributed by atoms with Crippen LogP contribution in [0.25, 0.3) is 0 Å². The second-order valence-electron chi connectivity index (χ2n) is 6.17. The Kier molecular flexibility index (Phi) is 6.05. The van der Waals surface area contributed by atoms with Crippen LogP contribution >= 0.6 is 22.7 Å². The van der Waals surface area contributed by atoms with Crippen molar-refractivity contribution in [3.05, 3.63) is 44.8 Å². The highest BCUT2D eigenvalue weighted by molar-refractivity contribution is 7.12. The third-order valence-corrected chi connectivity index (χ3v) is 6.47. The van der Waals surface area contributed by atoms with Gasteiger partial charge in [-0.1, -0.05) is 19.1 Å². The molecule has 1 aliphatic rings. The van der Waals surface area contributed by atoms with Gasteiger partial charge in [-0.15, -0.1) is 22.7 Å². The fourth-order valence-corrected chi connectivity index (χ4v) is 4.92. The zero-order valence-electron chi connectivity index (χ0n) is 14.3. The van der Waals surface area contributed by atoms with Gasteiger partial charge in [0.1, 0.15) is 0 Å². The number of hydrogen-bond donors (Lipinski definition) is 1. The zero-order chi connectivity index (χ0) is 16.9. The van der Waals surface area contributed by atoms with E-state index in [9.17, 15) is 4.79 Å². The molecule has 2 atom stereocenters. The van der Waals surface area contributed by atoms with Gasteiger partial charge >= 0.3 is 0 Å². The number of hydrogen-bond acceptors (Lipinski definition) is 5. The molecule has 0 bridgehead atoms. The minimum Gasteiger partial charge on any atom is -0.347 e. The summed E-state index contributed by atoms with van der Waals surface area (Å²) < 4.78 is 0. The summed E-state index contributed by atoms with van der Waals surface area (Å²) in [5.41, 5.74) is 0. The van der Waals surface area contributed by atoms with Gasteiger partial charge in [-0.3, -0.25) is 9.69 Å². The van der Waals surface area contributed by atoms with Gasteiger partial charge in [0.15, 0.2) is 0 Å². The minimum absolute atomic E-state index is 0.0336. The smallest absolute Gasteiger partial charge is 0.261 e. The monoisotopic (exact) mass is 363 g/mol.